The molecule has 1 amide bonds. The van der Waals surface area contributed by atoms with Gasteiger partial charge in [-0.3, -0.25) is 0 Å². The van der Waals surface area contributed by atoms with Crippen molar-refractivity contribution in [1.82, 2.24) is 3.80 Å². The topological polar surface area (TPSA) is 29.1 Å². The molecule has 0 radical (unpaired) electrons. The summed E-state index contributed by atoms with van der Waals surface area (Å²) in [5, 5.41) is 2.35. The van der Waals surface area contributed by atoms with E-state index in [4.69, 9.17) is 18.6 Å². The van der Waals surface area contributed by atoms with Gasteiger partial charge in [-0.05, 0) is 0 Å². The summed E-state index contributed by atoms with van der Waals surface area (Å²) >= 11 is -5.18. The number of fused-ring (bicyclic) bond motifs is 3. The van der Waals surface area contributed by atoms with Crippen molar-refractivity contribution in [2.45, 2.75) is 77.0 Å². The van der Waals surface area contributed by atoms with Gasteiger partial charge in [-0.25, -0.2) is 0 Å². The number of carbonyl (C=O) groups excluding carboxylic acids is 1. The van der Waals surface area contributed by atoms with Crippen LogP contribution in [0.5, 0.6) is 0 Å². The van der Waals surface area contributed by atoms with Crippen molar-refractivity contribution in [3.63, 3.8) is 0 Å². The molecule has 6 rings (SSSR count). The molecule has 6 heteroatoms. The van der Waals surface area contributed by atoms with Crippen molar-refractivity contribution in [1.29, 1.82) is 0 Å². The van der Waals surface area contributed by atoms with Gasteiger partial charge in [0.2, 0.25) is 0 Å². The van der Waals surface area contributed by atoms with Crippen LogP contribution < -0.4 is 18.0 Å². The quantitative estimate of drug-likeness (QED) is 0.180. The molecule has 0 heterocycles. The fourth-order valence-electron chi connectivity index (χ4n) is 7.70. The van der Waals surface area contributed by atoms with Gasteiger partial charge in [0.25, 0.3) is 0 Å². The normalized spacial score (nSPS) is 17.4. The van der Waals surface area contributed by atoms with E-state index in [-0.39, 0.29) is 11.8 Å². The summed E-state index contributed by atoms with van der Waals surface area (Å²) < 4.78 is 4.67. The number of carbonyl (C=O) groups is 1. The predicted octanol–water partition coefficient (Wildman–Crippen LogP) is 8.37. The third-order valence-corrected chi connectivity index (χ3v) is 34.0. The van der Waals surface area contributed by atoms with Crippen LogP contribution >= 0.6 is 18.6 Å². The Morgan fingerprint density at radius 2 is 1.11 bits per heavy atom. The first-order valence-corrected chi connectivity index (χ1v) is 26.9. The minimum absolute atomic E-state index is 0.0647. The summed E-state index contributed by atoms with van der Waals surface area (Å²) in [6.45, 7) is -2.42. The van der Waals surface area contributed by atoms with Crippen molar-refractivity contribution in [3.8, 4) is 11.1 Å². The predicted molar refractivity (Wildman–Crippen MR) is 188 cm³/mol. The first kappa shape index (κ1) is 31.8. The average Bonchev–Trinajstić information content (AvgIpc) is 3.41. The van der Waals surface area contributed by atoms with E-state index in [0.717, 1.165) is 36.0 Å². The molecular formula is C38H44Cl2NOSiTi. The van der Waals surface area contributed by atoms with E-state index in [2.05, 4.69) is 94.8 Å². The van der Waals surface area contributed by atoms with E-state index < -0.39 is 19.4 Å². The summed E-state index contributed by atoms with van der Waals surface area (Å²) in [5.74, 6) is 0.00613. The zero-order valence-electron chi connectivity index (χ0n) is 25.6. The SMILES string of the molecule is O=C([NH][Ti]([Cl])([Cl])([c]1cccc2c1Cc1ccccc1-2)[SiH](c1ccccc1)c1ccccc1)C1CCCCCCCCCCC1. The van der Waals surface area contributed by atoms with Gasteiger partial charge in [0, 0.05) is 0 Å². The number of hydrogen-bond donors (Lipinski definition) is 1. The van der Waals surface area contributed by atoms with E-state index in [9.17, 15) is 4.79 Å². The Morgan fingerprint density at radius 1 is 0.614 bits per heavy atom. The third kappa shape index (κ3) is 6.69. The van der Waals surface area contributed by atoms with Crippen molar-refractivity contribution in [3.05, 3.63) is 114 Å². The molecule has 0 bridgehead atoms. The average molecular weight is 678 g/mol. The molecule has 0 spiro atoms. The molecule has 44 heavy (non-hydrogen) atoms. The van der Waals surface area contributed by atoms with Gasteiger partial charge in [0.05, 0.1) is 0 Å². The Balaban J connectivity index is 1.49. The molecule has 1 saturated carbocycles. The molecular weight excluding hydrogens is 633 g/mol. The summed E-state index contributed by atoms with van der Waals surface area (Å²) in [7, 11) is 16.7. The Labute approximate surface area is 273 Å². The summed E-state index contributed by atoms with van der Waals surface area (Å²) in [4.78, 5) is 14.7. The number of hydrogen-bond acceptors (Lipinski definition) is 1. The van der Waals surface area contributed by atoms with Gasteiger partial charge < -0.3 is 0 Å². The van der Waals surface area contributed by atoms with Crippen molar-refractivity contribution < 1.29 is 17.5 Å². The number of benzene rings is 4. The maximum atomic E-state index is 14.7. The molecule has 2 aliphatic carbocycles. The van der Waals surface area contributed by atoms with Crippen molar-refractivity contribution >= 4 is 45.4 Å². The van der Waals surface area contributed by atoms with Crippen molar-refractivity contribution in [2.75, 3.05) is 0 Å². The Bertz CT molecular complexity index is 1530. The number of amides is 1. The first-order chi connectivity index (χ1) is 21.4. The number of halogens is 2. The standard InChI is InChI=1S/C13H25NO.C13H9.C12H11Si.2ClH.Ti/c14-13(15)12-10-8-6-4-2-1-3-5-7-9-11-12;1-3-7-12-10(5-1)9-11-6-2-4-8-13(11)12;1-3-7-11(8-4-1)13-12-9-5-2-6-10-12;;;/h12H,1-11H2,(H2,14,15);1-5,7-8H,9H2;1-10,13H;2*1H;/q;;;;;+3/p-3. The Kier molecular flexibility index (Phi) is 10.2. The van der Waals surface area contributed by atoms with E-state index in [1.807, 2.05) is 12.1 Å². The zero-order chi connectivity index (χ0) is 30.4. The van der Waals surface area contributed by atoms with Gasteiger partial charge >= 0.3 is 275 Å². The molecule has 0 aromatic heterocycles. The monoisotopic (exact) mass is 676 g/mol. The van der Waals surface area contributed by atoms with Crippen LogP contribution in [0.2, 0.25) is 0 Å². The molecule has 0 unspecified atom stereocenters. The van der Waals surface area contributed by atoms with Gasteiger partial charge in [-0.15, -0.1) is 0 Å². The molecule has 2 aliphatic rings. The fourth-order valence-corrected chi connectivity index (χ4v) is 33.6. The van der Waals surface area contributed by atoms with Crippen LogP contribution in [0, 0.1) is 5.92 Å². The molecule has 1 N–H and O–H groups in total. The van der Waals surface area contributed by atoms with Crippen LogP contribution in [0.25, 0.3) is 11.1 Å². The molecule has 1 fully saturated rings. The zero-order valence-corrected chi connectivity index (χ0v) is 29.8. The van der Waals surface area contributed by atoms with Gasteiger partial charge in [-0.1, -0.05) is 0 Å². The number of nitrogens with one attached hydrogen (secondary N) is 1. The van der Waals surface area contributed by atoms with Crippen LogP contribution in [0.1, 0.15) is 81.8 Å². The molecule has 229 valence electrons. The first-order valence-electron chi connectivity index (χ1n) is 16.7. The van der Waals surface area contributed by atoms with Crippen molar-refractivity contribution in [2.24, 2.45) is 5.92 Å². The van der Waals surface area contributed by atoms with Crippen LogP contribution in [-0.4, -0.2) is 12.6 Å². The molecule has 2 nitrogen and oxygen atoms in total. The third-order valence-electron chi connectivity index (χ3n) is 9.95. The summed E-state index contributed by atoms with van der Waals surface area (Å²) in [6.07, 6.45) is 13.6. The fraction of sp³-hybridized carbons (Fsp3) is 0.342. The second kappa shape index (κ2) is 14.1. The van der Waals surface area contributed by atoms with Gasteiger partial charge in [0.15, 0.2) is 0 Å². The van der Waals surface area contributed by atoms with Crippen LogP contribution in [-0.2, 0) is 23.9 Å². The minimum atomic E-state index is -5.18. The Morgan fingerprint density at radius 3 is 1.70 bits per heavy atom. The molecule has 0 aliphatic heterocycles. The molecule has 4 aromatic carbocycles. The summed E-state index contributed by atoms with van der Waals surface area (Å²) in [6, 6.07) is 36.2. The molecule has 0 atom stereocenters. The summed E-state index contributed by atoms with van der Waals surface area (Å²) in [5.41, 5.74) is 4.93. The van der Waals surface area contributed by atoms with E-state index in [0.29, 0.717) is 0 Å². The molecule has 4 aromatic rings. The van der Waals surface area contributed by atoms with Crippen LogP contribution in [0.3, 0.4) is 0 Å². The van der Waals surface area contributed by atoms with Gasteiger partial charge in [0.1, 0.15) is 0 Å². The maximum absolute atomic E-state index is 14.7. The van der Waals surface area contributed by atoms with Crippen LogP contribution in [0.15, 0.2) is 103 Å². The van der Waals surface area contributed by atoms with E-state index in [1.165, 1.54) is 77.6 Å². The number of rotatable bonds is 6. The van der Waals surface area contributed by atoms with E-state index >= 15 is 0 Å². The Hall–Kier alpha value is -2.14. The second-order valence-corrected chi connectivity index (χ2v) is 37.5. The van der Waals surface area contributed by atoms with Crippen LogP contribution in [0.4, 0.5) is 0 Å². The van der Waals surface area contributed by atoms with Gasteiger partial charge in [-0.2, -0.15) is 0 Å². The second-order valence-electron chi connectivity index (χ2n) is 12.9. The van der Waals surface area contributed by atoms with E-state index in [1.54, 1.807) is 0 Å². The molecule has 0 saturated heterocycles.